The third-order valence-corrected chi connectivity index (χ3v) is 6.43. The van der Waals surface area contributed by atoms with Crippen molar-refractivity contribution in [3.05, 3.63) is 0 Å². The molecule has 0 aromatic heterocycles. The van der Waals surface area contributed by atoms with Crippen LogP contribution in [0.4, 0.5) is 0 Å². The minimum absolute atomic E-state index is 0.882. The van der Waals surface area contributed by atoms with E-state index in [2.05, 4.69) is 5.32 Å². The second-order valence-electron chi connectivity index (χ2n) is 7.47. The Morgan fingerprint density at radius 2 is 1.53 bits per heavy atom. The second-order valence-corrected chi connectivity index (χ2v) is 7.47. The SMILES string of the molecule is C1CNC(CCC2C3CC4CC(C3)CC2C4)C1. The number of hydrogen-bond donors (Lipinski definition) is 1. The van der Waals surface area contributed by atoms with Crippen LogP contribution in [0.1, 0.15) is 57.8 Å². The molecule has 1 unspecified atom stereocenters. The molecule has 1 heterocycles. The smallest absolute Gasteiger partial charge is 0.00676 e. The third kappa shape index (κ3) is 1.95. The fourth-order valence-electron chi connectivity index (χ4n) is 5.91. The van der Waals surface area contributed by atoms with E-state index in [0.717, 1.165) is 35.6 Å². The summed E-state index contributed by atoms with van der Waals surface area (Å²) in [5.41, 5.74) is 0. The summed E-state index contributed by atoms with van der Waals surface area (Å²) in [4.78, 5) is 0. The summed E-state index contributed by atoms with van der Waals surface area (Å²) in [6.45, 7) is 1.28. The Hall–Kier alpha value is -0.0400. The van der Waals surface area contributed by atoms with Gasteiger partial charge >= 0.3 is 0 Å². The van der Waals surface area contributed by atoms with E-state index >= 15 is 0 Å². The summed E-state index contributed by atoms with van der Waals surface area (Å²) in [7, 11) is 0. The molecule has 1 aliphatic heterocycles. The van der Waals surface area contributed by atoms with Crippen molar-refractivity contribution in [1.82, 2.24) is 5.32 Å². The Morgan fingerprint density at radius 1 is 0.824 bits per heavy atom. The van der Waals surface area contributed by atoms with E-state index in [9.17, 15) is 0 Å². The van der Waals surface area contributed by atoms with E-state index in [4.69, 9.17) is 0 Å². The first-order chi connectivity index (χ1) is 8.38. The van der Waals surface area contributed by atoms with Crippen molar-refractivity contribution in [2.24, 2.45) is 29.6 Å². The molecule has 1 heteroatoms. The Morgan fingerprint density at radius 3 is 2.12 bits per heavy atom. The fraction of sp³-hybridized carbons (Fsp3) is 1.00. The fourth-order valence-corrected chi connectivity index (χ4v) is 5.91. The Bertz CT molecular complexity index is 251. The third-order valence-electron chi connectivity index (χ3n) is 6.43. The molecule has 1 atom stereocenters. The molecule has 0 radical (unpaired) electrons. The highest BCUT2D eigenvalue weighted by atomic mass is 14.9. The van der Waals surface area contributed by atoms with Gasteiger partial charge in [0.2, 0.25) is 0 Å². The molecule has 5 aliphatic rings. The zero-order valence-electron chi connectivity index (χ0n) is 11.0. The number of nitrogens with one attached hydrogen (secondary N) is 1. The Kier molecular flexibility index (Phi) is 2.72. The zero-order valence-corrected chi connectivity index (χ0v) is 11.0. The monoisotopic (exact) mass is 233 g/mol. The molecule has 1 nitrogen and oxygen atoms in total. The van der Waals surface area contributed by atoms with Gasteiger partial charge in [0.05, 0.1) is 0 Å². The normalized spacial score (nSPS) is 52.2. The molecule has 0 aromatic carbocycles. The van der Waals surface area contributed by atoms with Gasteiger partial charge in [0.25, 0.3) is 0 Å². The average Bonchev–Trinajstić information content (AvgIpc) is 2.80. The average molecular weight is 233 g/mol. The van der Waals surface area contributed by atoms with Gasteiger partial charge in [0.1, 0.15) is 0 Å². The highest BCUT2D eigenvalue weighted by Gasteiger charge is 2.47. The van der Waals surface area contributed by atoms with Crippen molar-refractivity contribution in [2.45, 2.75) is 63.8 Å². The van der Waals surface area contributed by atoms with Crippen LogP contribution in [-0.2, 0) is 0 Å². The van der Waals surface area contributed by atoms with E-state index in [1.807, 2.05) is 0 Å². The zero-order chi connectivity index (χ0) is 11.2. The molecule has 0 spiro atoms. The quantitative estimate of drug-likeness (QED) is 0.785. The van der Waals surface area contributed by atoms with Crippen molar-refractivity contribution >= 4 is 0 Å². The van der Waals surface area contributed by atoms with E-state index in [0.29, 0.717) is 0 Å². The summed E-state index contributed by atoms with van der Waals surface area (Å²) in [5.74, 6) is 5.72. The maximum Gasteiger partial charge on any atom is 0.00676 e. The summed E-state index contributed by atoms with van der Waals surface area (Å²) < 4.78 is 0. The summed E-state index contributed by atoms with van der Waals surface area (Å²) in [6, 6.07) is 0.882. The van der Waals surface area contributed by atoms with Crippen LogP contribution in [0.15, 0.2) is 0 Å². The summed E-state index contributed by atoms with van der Waals surface area (Å²) in [5, 5.41) is 3.68. The molecule has 5 rings (SSSR count). The van der Waals surface area contributed by atoms with Crippen LogP contribution in [0.5, 0.6) is 0 Å². The largest absolute Gasteiger partial charge is 0.314 e. The standard InChI is InChI=1S/C16H27N/c1-2-15(17-5-1)3-4-16-13-7-11-6-12(9-13)10-14(16)8-11/h11-17H,1-10H2. The predicted octanol–water partition coefficient (Wildman–Crippen LogP) is 3.59. The van der Waals surface area contributed by atoms with Gasteiger partial charge in [-0.2, -0.15) is 0 Å². The van der Waals surface area contributed by atoms with Crippen LogP contribution in [-0.4, -0.2) is 12.6 Å². The molecular formula is C16H27N. The minimum atomic E-state index is 0.882. The van der Waals surface area contributed by atoms with Crippen LogP contribution in [0.3, 0.4) is 0 Å². The first kappa shape index (κ1) is 10.8. The Labute approximate surface area is 106 Å². The van der Waals surface area contributed by atoms with Crippen LogP contribution >= 0.6 is 0 Å². The van der Waals surface area contributed by atoms with Gasteiger partial charge < -0.3 is 5.32 Å². The molecular weight excluding hydrogens is 206 g/mol. The molecule has 96 valence electrons. The van der Waals surface area contributed by atoms with Gasteiger partial charge in [-0.25, -0.2) is 0 Å². The number of hydrogen-bond acceptors (Lipinski definition) is 1. The molecule has 0 aromatic rings. The van der Waals surface area contributed by atoms with E-state index in [1.54, 1.807) is 38.5 Å². The van der Waals surface area contributed by atoms with Gasteiger partial charge in [0, 0.05) is 6.04 Å². The lowest BCUT2D eigenvalue weighted by Crippen LogP contribution is -2.45. The molecule has 1 saturated heterocycles. The van der Waals surface area contributed by atoms with Crippen molar-refractivity contribution < 1.29 is 0 Å². The van der Waals surface area contributed by atoms with Crippen molar-refractivity contribution in [1.29, 1.82) is 0 Å². The maximum atomic E-state index is 3.68. The molecule has 4 bridgehead atoms. The van der Waals surface area contributed by atoms with Crippen LogP contribution in [0.2, 0.25) is 0 Å². The second kappa shape index (κ2) is 4.26. The highest BCUT2D eigenvalue weighted by molar-refractivity contribution is 4.98. The molecule has 4 aliphatic carbocycles. The lowest BCUT2D eigenvalue weighted by atomic mass is 9.51. The topological polar surface area (TPSA) is 12.0 Å². The maximum absolute atomic E-state index is 3.68. The molecule has 1 N–H and O–H groups in total. The lowest BCUT2D eigenvalue weighted by molar-refractivity contribution is -0.0409. The Balaban J connectivity index is 1.37. The highest BCUT2D eigenvalue weighted by Crippen LogP contribution is 2.57. The first-order valence-electron chi connectivity index (χ1n) is 8.12. The van der Waals surface area contributed by atoms with Crippen LogP contribution in [0, 0.1) is 29.6 Å². The van der Waals surface area contributed by atoms with Gasteiger partial charge in [0.15, 0.2) is 0 Å². The van der Waals surface area contributed by atoms with E-state index < -0.39 is 0 Å². The predicted molar refractivity (Wildman–Crippen MR) is 70.8 cm³/mol. The van der Waals surface area contributed by atoms with Gasteiger partial charge in [-0.1, -0.05) is 0 Å². The molecule has 17 heavy (non-hydrogen) atoms. The van der Waals surface area contributed by atoms with Crippen molar-refractivity contribution in [3.8, 4) is 0 Å². The van der Waals surface area contributed by atoms with Crippen molar-refractivity contribution in [2.75, 3.05) is 6.54 Å². The van der Waals surface area contributed by atoms with Crippen LogP contribution in [0.25, 0.3) is 0 Å². The number of rotatable bonds is 3. The minimum Gasteiger partial charge on any atom is -0.314 e. The molecule has 0 amide bonds. The van der Waals surface area contributed by atoms with Crippen LogP contribution < -0.4 is 5.32 Å². The van der Waals surface area contributed by atoms with Gasteiger partial charge in [-0.3, -0.25) is 0 Å². The first-order valence-corrected chi connectivity index (χ1v) is 8.12. The van der Waals surface area contributed by atoms with Gasteiger partial charge in [-0.15, -0.1) is 0 Å². The van der Waals surface area contributed by atoms with Gasteiger partial charge in [-0.05, 0) is 93.9 Å². The van der Waals surface area contributed by atoms with E-state index in [-0.39, 0.29) is 0 Å². The van der Waals surface area contributed by atoms with Crippen molar-refractivity contribution in [3.63, 3.8) is 0 Å². The molecule has 5 fully saturated rings. The van der Waals surface area contributed by atoms with E-state index in [1.165, 1.54) is 25.8 Å². The summed E-state index contributed by atoms with van der Waals surface area (Å²) >= 11 is 0. The lowest BCUT2D eigenvalue weighted by Gasteiger charge is -2.54. The summed E-state index contributed by atoms with van der Waals surface area (Å²) in [6.07, 6.45) is 13.9. The molecule has 4 saturated carbocycles.